The maximum atomic E-state index is 12.1. The zero-order valence-electron chi connectivity index (χ0n) is 13.4. The zero-order chi connectivity index (χ0) is 16.2. The van der Waals surface area contributed by atoms with Gasteiger partial charge in [0.1, 0.15) is 0 Å². The second kappa shape index (κ2) is 6.97. The number of carbonyl (C=O) groups is 2. The topological polar surface area (TPSA) is 69.1 Å². The number of nitrogens with one attached hydrogen (secondary N) is 3. The van der Waals surface area contributed by atoms with E-state index in [-0.39, 0.29) is 18.0 Å². The Morgan fingerprint density at radius 3 is 2.61 bits per heavy atom. The van der Waals surface area contributed by atoms with E-state index in [2.05, 4.69) is 17.8 Å². The normalized spacial score (nSPS) is 23.1. The molecule has 2 saturated heterocycles. The summed E-state index contributed by atoms with van der Waals surface area (Å²) in [6.07, 6.45) is 0.342. The van der Waals surface area contributed by atoms with Gasteiger partial charge in [-0.05, 0) is 12.1 Å². The molecule has 7 heteroatoms. The van der Waals surface area contributed by atoms with Gasteiger partial charge in [-0.1, -0.05) is 18.2 Å². The second-order valence-electron chi connectivity index (χ2n) is 6.27. The van der Waals surface area contributed by atoms with Crippen LogP contribution in [-0.2, 0) is 4.79 Å². The fourth-order valence-corrected chi connectivity index (χ4v) is 3.02. The van der Waals surface area contributed by atoms with Gasteiger partial charge in [0.2, 0.25) is 5.91 Å². The van der Waals surface area contributed by atoms with Crippen LogP contribution < -0.4 is 20.5 Å². The molecule has 0 aliphatic carbocycles. The van der Waals surface area contributed by atoms with Crippen LogP contribution in [0.3, 0.4) is 0 Å². The molecule has 1 aromatic rings. The molecule has 3 N–H and O–H groups in total. The predicted molar refractivity (Wildman–Crippen MR) is 87.1 cm³/mol. The molecule has 0 unspecified atom stereocenters. The van der Waals surface area contributed by atoms with E-state index in [4.69, 9.17) is 0 Å². The fourth-order valence-electron chi connectivity index (χ4n) is 3.02. The molecule has 0 saturated carbocycles. The Bertz CT molecular complexity index is 557. The number of hydrazine groups is 1. The Kier molecular flexibility index (Phi) is 4.78. The van der Waals surface area contributed by atoms with Gasteiger partial charge in [-0.15, -0.1) is 0 Å². The minimum absolute atomic E-state index is 0.0460. The number of piperazine rings is 1. The molecule has 0 bridgehead atoms. The summed E-state index contributed by atoms with van der Waals surface area (Å²) in [6, 6.07) is 9.18. The van der Waals surface area contributed by atoms with Crippen molar-refractivity contribution in [1.82, 2.24) is 15.8 Å². The number of para-hydroxylation sites is 1. The van der Waals surface area contributed by atoms with Crippen molar-refractivity contribution in [3.05, 3.63) is 30.3 Å². The number of hydrogen-bond donors (Lipinski definition) is 3. The maximum Gasteiger partial charge on any atom is 0.329 e. The van der Waals surface area contributed by atoms with Crippen molar-refractivity contribution in [3.8, 4) is 0 Å². The van der Waals surface area contributed by atoms with Crippen molar-refractivity contribution in [1.29, 1.82) is 0 Å². The molecule has 0 radical (unpaired) electrons. The molecular formula is C16H24N5O2+. The second-order valence-corrected chi connectivity index (χ2v) is 6.27. The third-order valence-corrected chi connectivity index (χ3v) is 4.40. The SMILES string of the molecule is C[NH+]1CCN(NC(=O)N[C@@H]2CC(=O)N(c3ccccc3)C2)CC1. The van der Waals surface area contributed by atoms with Gasteiger partial charge in [0.25, 0.3) is 0 Å². The van der Waals surface area contributed by atoms with Gasteiger partial charge in [0.15, 0.2) is 0 Å². The Labute approximate surface area is 136 Å². The number of carbonyl (C=O) groups excluding carboxylic acids is 2. The number of urea groups is 1. The molecule has 23 heavy (non-hydrogen) atoms. The zero-order valence-corrected chi connectivity index (χ0v) is 13.4. The van der Waals surface area contributed by atoms with E-state index in [9.17, 15) is 9.59 Å². The molecule has 124 valence electrons. The lowest BCUT2D eigenvalue weighted by Crippen LogP contribution is -3.12. The summed E-state index contributed by atoms with van der Waals surface area (Å²) in [7, 11) is 2.15. The van der Waals surface area contributed by atoms with Crippen LogP contribution in [0.25, 0.3) is 0 Å². The Balaban J connectivity index is 1.49. The highest BCUT2D eigenvalue weighted by molar-refractivity contribution is 5.96. The molecule has 3 amide bonds. The average molecular weight is 318 g/mol. The molecule has 2 fully saturated rings. The minimum atomic E-state index is -0.225. The molecule has 3 rings (SSSR count). The van der Waals surface area contributed by atoms with E-state index in [1.807, 2.05) is 35.3 Å². The summed E-state index contributed by atoms with van der Waals surface area (Å²) in [5.41, 5.74) is 3.75. The molecule has 0 aromatic heterocycles. The van der Waals surface area contributed by atoms with Crippen LogP contribution in [0.5, 0.6) is 0 Å². The highest BCUT2D eigenvalue weighted by Crippen LogP contribution is 2.20. The lowest BCUT2D eigenvalue weighted by atomic mass is 10.2. The monoisotopic (exact) mass is 318 g/mol. The number of amides is 3. The van der Waals surface area contributed by atoms with Gasteiger partial charge in [0, 0.05) is 18.7 Å². The summed E-state index contributed by atoms with van der Waals surface area (Å²) in [4.78, 5) is 27.4. The molecule has 7 nitrogen and oxygen atoms in total. The van der Waals surface area contributed by atoms with E-state index < -0.39 is 0 Å². The fraction of sp³-hybridized carbons (Fsp3) is 0.500. The highest BCUT2D eigenvalue weighted by atomic mass is 16.2. The summed E-state index contributed by atoms with van der Waals surface area (Å²) in [5.74, 6) is 0.0460. The number of hydrogen-bond acceptors (Lipinski definition) is 3. The van der Waals surface area contributed by atoms with Gasteiger partial charge in [-0.3, -0.25) is 10.2 Å². The number of rotatable bonds is 3. The van der Waals surface area contributed by atoms with E-state index in [1.165, 1.54) is 4.90 Å². The Morgan fingerprint density at radius 1 is 1.22 bits per heavy atom. The van der Waals surface area contributed by atoms with Crippen LogP contribution in [0.1, 0.15) is 6.42 Å². The lowest BCUT2D eigenvalue weighted by molar-refractivity contribution is -0.884. The molecule has 1 aromatic carbocycles. The van der Waals surface area contributed by atoms with Crippen LogP contribution in [-0.4, -0.2) is 62.8 Å². The molecule has 1 atom stereocenters. The van der Waals surface area contributed by atoms with Gasteiger partial charge >= 0.3 is 6.03 Å². The van der Waals surface area contributed by atoms with Gasteiger partial charge < -0.3 is 15.1 Å². The van der Waals surface area contributed by atoms with Crippen LogP contribution in [0.4, 0.5) is 10.5 Å². The first kappa shape index (κ1) is 15.8. The number of quaternary nitrogens is 1. The molecule has 2 aliphatic rings. The van der Waals surface area contributed by atoms with E-state index in [0.717, 1.165) is 31.9 Å². The predicted octanol–water partition coefficient (Wildman–Crippen LogP) is -1.16. The molecule has 0 spiro atoms. The standard InChI is InChI=1S/C16H23N5O2/c1-19-7-9-20(10-8-19)18-16(23)17-13-11-15(22)21(12-13)14-5-3-2-4-6-14/h2-6,13H,7-12H2,1H3,(H2,17,18,23)/p+1/t13-/m1/s1. The van der Waals surface area contributed by atoms with Crippen LogP contribution in [0.15, 0.2) is 30.3 Å². The molecule has 2 aliphatic heterocycles. The Morgan fingerprint density at radius 2 is 1.91 bits per heavy atom. The summed E-state index contributed by atoms with van der Waals surface area (Å²) in [5, 5.41) is 4.85. The first-order chi connectivity index (χ1) is 11.1. The lowest BCUT2D eigenvalue weighted by Gasteiger charge is -2.30. The first-order valence-corrected chi connectivity index (χ1v) is 8.10. The Hall–Kier alpha value is -2.12. The number of nitrogens with zero attached hydrogens (tertiary/aromatic N) is 2. The highest BCUT2D eigenvalue weighted by Gasteiger charge is 2.31. The van der Waals surface area contributed by atoms with E-state index >= 15 is 0 Å². The van der Waals surface area contributed by atoms with E-state index in [1.54, 1.807) is 4.90 Å². The summed E-state index contributed by atoms with van der Waals surface area (Å²) in [6.45, 7) is 4.25. The maximum absolute atomic E-state index is 12.1. The summed E-state index contributed by atoms with van der Waals surface area (Å²) < 4.78 is 0. The average Bonchev–Trinajstić information content (AvgIpc) is 2.91. The number of likely N-dealkylation sites (N-methyl/N-ethyl adjacent to an activating group) is 1. The van der Waals surface area contributed by atoms with Crippen molar-refractivity contribution in [2.45, 2.75) is 12.5 Å². The number of anilines is 1. The quantitative estimate of drug-likeness (QED) is 0.658. The van der Waals surface area contributed by atoms with Gasteiger partial charge in [-0.2, -0.15) is 0 Å². The van der Waals surface area contributed by atoms with Crippen LogP contribution >= 0.6 is 0 Å². The van der Waals surface area contributed by atoms with Crippen molar-refractivity contribution in [2.24, 2.45) is 0 Å². The third kappa shape index (κ3) is 4.00. The first-order valence-electron chi connectivity index (χ1n) is 8.10. The van der Waals surface area contributed by atoms with Crippen molar-refractivity contribution < 1.29 is 14.5 Å². The van der Waals surface area contributed by atoms with Crippen molar-refractivity contribution in [2.75, 3.05) is 44.7 Å². The van der Waals surface area contributed by atoms with Crippen molar-refractivity contribution in [3.63, 3.8) is 0 Å². The van der Waals surface area contributed by atoms with Gasteiger partial charge in [-0.25, -0.2) is 9.80 Å². The van der Waals surface area contributed by atoms with E-state index in [0.29, 0.717) is 13.0 Å². The minimum Gasteiger partial charge on any atom is -0.335 e. The molecule has 2 heterocycles. The smallest absolute Gasteiger partial charge is 0.329 e. The van der Waals surface area contributed by atoms with Crippen molar-refractivity contribution >= 4 is 17.6 Å². The number of benzene rings is 1. The van der Waals surface area contributed by atoms with Gasteiger partial charge in [0.05, 0.1) is 39.3 Å². The summed E-state index contributed by atoms with van der Waals surface area (Å²) >= 11 is 0. The van der Waals surface area contributed by atoms with Crippen LogP contribution in [0, 0.1) is 0 Å². The third-order valence-electron chi connectivity index (χ3n) is 4.40. The molecular weight excluding hydrogens is 294 g/mol. The van der Waals surface area contributed by atoms with Crippen LogP contribution in [0.2, 0.25) is 0 Å². The largest absolute Gasteiger partial charge is 0.335 e.